The van der Waals surface area contributed by atoms with E-state index in [1.165, 1.54) is 0 Å². The Morgan fingerprint density at radius 1 is 1.33 bits per heavy atom. The van der Waals surface area contributed by atoms with Crippen LogP contribution in [0.2, 0.25) is 0 Å². The van der Waals surface area contributed by atoms with Crippen LogP contribution in [0.25, 0.3) is 0 Å². The third kappa shape index (κ3) is 5.30. The van der Waals surface area contributed by atoms with Crippen molar-refractivity contribution in [3.05, 3.63) is 29.8 Å². The van der Waals surface area contributed by atoms with Crippen molar-refractivity contribution in [2.45, 2.75) is 38.8 Å². The van der Waals surface area contributed by atoms with E-state index in [2.05, 4.69) is 10.0 Å². The number of sulfonamides is 1. The molecule has 1 aromatic carbocycles. The van der Waals surface area contributed by atoms with Gasteiger partial charge in [0.2, 0.25) is 10.0 Å². The maximum Gasteiger partial charge on any atom is 0.211 e. The first-order valence-electron chi connectivity index (χ1n) is 7.41. The van der Waals surface area contributed by atoms with Crippen LogP contribution in [-0.4, -0.2) is 39.4 Å². The molecule has 0 saturated heterocycles. The molecule has 0 saturated carbocycles. The van der Waals surface area contributed by atoms with Crippen LogP contribution in [-0.2, 0) is 16.4 Å². The molecule has 118 valence electrons. The minimum atomic E-state index is -3.22. The molecule has 6 heteroatoms. The van der Waals surface area contributed by atoms with Gasteiger partial charge in [-0.15, -0.1) is 0 Å². The van der Waals surface area contributed by atoms with Gasteiger partial charge in [-0.2, -0.15) is 0 Å². The monoisotopic (exact) mass is 312 g/mol. The molecular formula is C15H24N2O3S. The summed E-state index contributed by atoms with van der Waals surface area (Å²) in [5.74, 6) is 1.01. The number of rotatable bonds is 8. The molecule has 1 aliphatic heterocycles. The average molecular weight is 312 g/mol. The zero-order chi connectivity index (χ0) is 15.3. The zero-order valence-corrected chi connectivity index (χ0v) is 13.4. The summed E-state index contributed by atoms with van der Waals surface area (Å²) in [6.07, 6.45) is 1.26. The molecule has 5 nitrogen and oxygen atoms in total. The van der Waals surface area contributed by atoms with E-state index < -0.39 is 10.0 Å². The van der Waals surface area contributed by atoms with Gasteiger partial charge in [-0.25, -0.2) is 13.1 Å². The highest BCUT2D eigenvalue weighted by molar-refractivity contribution is 7.89. The first-order valence-corrected chi connectivity index (χ1v) is 9.07. The summed E-state index contributed by atoms with van der Waals surface area (Å²) in [7, 11) is -3.22. The summed E-state index contributed by atoms with van der Waals surface area (Å²) in [6.45, 7) is 5.13. The Balaban J connectivity index is 1.71. The van der Waals surface area contributed by atoms with Crippen molar-refractivity contribution < 1.29 is 13.2 Å². The summed E-state index contributed by atoms with van der Waals surface area (Å²) in [6, 6.07) is 8.21. The molecule has 21 heavy (non-hydrogen) atoms. The van der Waals surface area contributed by atoms with Crippen LogP contribution in [0.1, 0.15) is 25.8 Å². The molecule has 2 rings (SSSR count). The van der Waals surface area contributed by atoms with Crippen molar-refractivity contribution >= 4 is 10.0 Å². The van der Waals surface area contributed by atoms with Crippen molar-refractivity contribution in [1.29, 1.82) is 0 Å². The molecule has 0 radical (unpaired) electrons. The van der Waals surface area contributed by atoms with E-state index in [-0.39, 0.29) is 11.9 Å². The van der Waals surface area contributed by atoms with E-state index in [1.54, 1.807) is 0 Å². The predicted molar refractivity (Wildman–Crippen MR) is 84.1 cm³/mol. The van der Waals surface area contributed by atoms with Gasteiger partial charge in [0.25, 0.3) is 0 Å². The molecule has 0 aromatic heterocycles. The smallest absolute Gasteiger partial charge is 0.211 e. The standard InChI is InChI=1S/C15H24N2O3S/c1-12(2)16-8-5-9-21(18,19)17-11-14-10-13-6-3-4-7-15(13)20-14/h3-4,6-7,12,14,16-17H,5,8-11H2,1-2H3. The Morgan fingerprint density at radius 2 is 2.10 bits per heavy atom. The van der Waals surface area contributed by atoms with Gasteiger partial charge in [-0.05, 0) is 24.6 Å². The number of hydrogen-bond donors (Lipinski definition) is 2. The number of hydrogen-bond acceptors (Lipinski definition) is 4. The van der Waals surface area contributed by atoms with Gasteiger partial charge in [0.1, 0.15) is 11.9 Å². The number of ether oxygens (including phenoxy) is 1. The van der Waals surface area contributed by atoms with E-state index in [1.807, 2.05) is 38.1 Å². The first-order chi connectivity index (χ1) is 9.96. The van der Waals surface area contributed by atoms with Gasteiger partial charge in [0.15, 0.2) is 0 Å². The summed E-state index contributed by atoms with van der Waals surface area (Å²) < 4.78 is 32.2. The predicted octanol–water partition coefficient (Wildman–Crippen LogP) is 1.30. The average Bonchev–Trinajstić information content (AvgIpc) is 2.84. The molecule has 0 bridgehead atoms. The molecule has 2 N–H and O–H groups in total. The van der Waals surface area contributed by atoms with Crippen molar-refractivity contribution in [2.24, 2.45) is 0 Å². The lowest BCUT2D eigenvalue weighted by atomic mass is 10.1. The lowest BCUT2D eigenvalue weighted by Crippen LogP contribution is -2.36. The van der Waals surface area contributed by atoms with Crippen LogP contribution in [0.15, 0.2) is 24.3 Å². The second-order valence-corrected chi connectivity index (χ2v) is 7.61. The molecule has 1 atom stereocenters. The first kappa shape index (κ1) is 16.3. The molecule has 1 unspecified atom stereocenters. The third-order valence-corrected chi connectivity index (χ3v) is 4.82. The fourth-order valence-electron chi connectivity index (χ4n) is 2.31. The number of benzene rings is 1. The summed E-state index contributed by atoms with van der Waals surface area (Å²) in [5.41, 5.74) is 1.14. The maximum absolute atomic E-state index is 11.9. The summed E-state index contributed by atoms with van der Waals surface area (Å²) >= 11 is 0. The topological polar surface area (TPSA) is 67.4 Å². The Bertz CT molecular complexity index is 533. The molecule has 1 aliphatic rings. The fraction of sp³-hybridized carbons (Fsp3) is 0.600. The SMILES string of the molecule is CC(C)NCCCS(=O)(=O)NCC1Cc2ccccc2O1. The number of para-hydroxylation sites is 1. The van der Waals surface area contributed by atoms with Gasteiger partial charge in [0.05, 0.1) is 5.75 Å². The third-order valence-electron chi connectivity index (χ3n) is 3.39. The van der Waals surface area contributed by atoms with Crippen LogP contribution >= 0.6 is 0 Å². The van der Waals surface area contributed by atoms with E-state index in [4.69, 9.17) is 4.74 Å². The Hall–Kier alpha value is -1.11. The summed E-state index contributed by atoms with van der Waals surface area (Å²) in [4.78, 5) is 0. The van der Waals surface area contributed by atoms with Crippen LogP contribution < -0.4 is 14.8 Å². The molecular weight excluding hydrogens is 288 g/mol. The van der Waals surface area contributed by atoms with Crippen molar-refractivity contribution in [3.63, 3.8) is 0 Å². The molecule has 1 aromatic rings. The number of nitrogens with one attached hydrogen (secondary N) is 2. The quantitative estimate of drug-likeness (QED) is 0.710. The van der Waals surface area contributed by atoms with E-state index in [0.29, 0.717) is 25.6 Å². The molecule has 0 spiro atoms. The van der Waals surface area contributed by atoms with E-state index >= 15 is 0 Å². The number of fused-ring (bicyclic) bond motifs is 1. The Kier molecular flexibility index (Phi) is 5.61. The lowest BCUT2D eigenvalue weighted by Gasteiger charge is -2.13. The normalized spacial score (nSPS) is 17.8. The van der Waals surface area contributed by atoms with Crippen molar-refractivity contribution in [2.75, 3.05) is 18.8 Å². The van der Waals surface area contributed by atoms with Crippen molar-refractivity contribution in [3.8, 4) is 5.75 Å². The molecule has 0 amide bonds. The van der Waals surface area contributed by atoms with Gasteiger partial charge in [0, 0.05) is 19.0 Å². The van der Waals surface area contributed by atoms with Gasteiger partial charge < -0.3 is 10.1 Å². The van der Waals surface area contributed by atoms with Crippen LogP contribution in [0.5, 0.6) is 5.75 Å². The zero-order valence-electron chi connectivity index (χ0n) is 12.6. The van der Waals surface area contributed by atoms with E-state index in [9.17, 15) is 8.42 Å². The highest BCUT2D eigenvalue weighted by Gasteiger charge is 2.23. The van der Waals surface area contributed by atoms with Gasteiger partial charge in [-0.3, -0.25) is 0 Å². The second kappa shape index (κ2) is 7.24. The lowest BCUT2D eigenvalue weighted by molar-refractivity contribution is 0.236. The largest absolute Gasteiger partial charge is 0.488 e. The Morgan fingerprint density at radius 3 is 2.81 bits per heavy atom. The van der Waals surface area contributed by atoms with Gasteiger partial charge in [-0.1, -0.05) is 32.0 Å². The molecule has 0 fully saturated rings. The minimum absolute atomic E-state index is 0.106. The highest BCUT2D eigenvalue weighted by Crippen LogP contribution is 2.27. The van der Waals surface area contributed by atoms with Crippen molar-refractivity contribution in [1.82, 2.24) is 10.0 Å². The van der Waals surface area contributed by atoms with Crippen LogP contribution in [0, 0.1) is 0 Å². The highest BCUT2D eigenvalue weighted by atomic mass is 32.2. The van der Waals surface area contributed by atoms with Gasteiger partial charge >= 0.3 is 0 Å². The van der Waals surface area contributed by atoms with E-state index in [0.717, 1.165) is 17.7 Å². The fourth-order valence-corrected chi connectivity index (χ4v) is 3.42. The maximum atomic E-state index is 11.9. The Labute approximate surface area is 127 Å². The van der Waals surface area contributed by atoms with Crippen LogP contribution in [0.3, 0.4) is 0 Å². The minimum Gasteiger partial charge on any atom is -0.488 e. The molecule has 1 heterocycles. The van der Waals surface area contributed by atoms with Crippen LogP contribution in [0.4, 0.5) is 0 Å². The second-order valence-electron chi connectivity index (χ2n) is 5.68. The summed E-state index contributed by atoms with van der Waals surface area (Å²) in [5, 5.41) is 3.21. The molecule has 0 aliphatic carbocycles.